The summed E-state index contributed by atoms with van der Waals surface area (Å²) in [4.78, 5) is 29.2. The first-order chi connectivity index (χ1) is 20.7. The van der Waals surface area contributed by atoms with E-state index in [0.29, 0.717) is 0 Å². The molecule has 2 aliphatic rings. The molecule has 8 rings (SSSR count). The van der Waals surface area contributed by atoms with Crippen molar-refractivity contribution in [1.29, 1.82) is 0 Å². The van der Waals surface area contributed by atoms with Crippen LogP contribution < -0.4 is 0 Å². The Balaban J connectivity index is 0.000000143. The van der Waals surface area contributed by atoms with E-state index < -0.39 is 0 Å². The molecule has 0 fully saturated rings. The van der Waals surface area contributed by atoms with Crippen molar-refractivity contribution < 1.29 is 0 Å². The quantitative estimate of drug-likeness (QED) is 0.231. The third-order valence-electron chi connectivity index (χ3n) is 6.70. The van der Waals surface area contributed by atoms with Gasteiger partial charge in [-0.05, 0) is 109 Å². The predicted molar refractivity (Wildman–Crippen MR) is 170 cm³/mol. The Bertz CT molecular complexity index is 1860. The van der Waals surface area contributed by atoms with Crippen molar-refractivity contribution in [2.75, 3.05) is 0 Å². The molecule has 0 radical (unpaired) electrons. The highest BCUT2D eigenvalue weighted by atomic mass is 14.8. The summed E-state index contributed by atoms with van der Waals surface area (Å²) >= 11 is 0. The summed E-state index contributed by atoms with van der Waals surface area (Å²) in [5.74, 6) is 0. The highest BCUT2D eigenvalue weighted by Gasteiger charge is 2.09. The molecule has 8 bridgehead atoms. The number of hydrogen-bond donors (Lipinski definition) is 2. The van der Waals surface area contributed by atoms with Gasteiger partial charge >= 0.3 is 0 Å². The lowest BCUT2D eigenvalue weighted by Crippen LogP contribution is -1.92. The number of pyridine rings is 3. The number of fused-ring (bicyclic) bond motifs is 8. The number of nitrogens with zero attached hydrogens (tertiary/aromatic N) is 5. The predicted octanol–water partition coefficient (Wildman–Crippen LogP) is 7.86. The Kier molecular flexibility index (Phi) is 6.72. The minimum Gasteiger partial charge on any atom is -0.355 e. The van der Waals surface area contributed by atoms with Crippen LogP contribution in [0.4, 0.5) is 0 Å². The number of nitrogens with one attached hydrogen (secondary N) is 2. The standard InChI is InChI=1S/C20H14N4.C15H11N3/c1-2-14-10-16-5-6-18(23-16)12-20-8-7-19(24-20)11-17-4-3-15(22-17)9-13(1)21-14;1-3-9-16-13(7-1)12-6-5-11-18-15(12)14-8-2-4-10-17-14/h1-12,21,24H;1-11H. The number of hydrogen-bond acceptors (Lipinski definition) is 5. The first-order valence-corrected chi connectivity index (χ1v) is 13.6. The second-order valence-electron chi connectivity index (χ2n) is 9.73. The van der Waals surface area contributed by atoms with Crippen LogP contribution in [0.3, 0.4) is 0 Å². The molecule has 2 aliphatic heterocycles. The van der Waals surface area contributed by atoms with Crippen molar-refractivity contribution in [3.63, 3.8) is 0 Å². The van der Waals surface area contributed by atoms with Crippen LogP contribution in [0.1, 0.15) is 22.8 Å². The van der Waals surface area contributed by atoms with Gasteiger partial charge in [0.15, 0.2) is 0 Å². The third kappa shape index (κ3) is 5.66. The van der Waals surface area contributed by atoms with Gasteiger partial charge in [0.05, 0.1) is 39.9 Å². The Labute approximate surface area is 242 Å². The summed E-state index contributed by atoms with van der Waals surface area (Å²) in [5, 5.41) is 0. The SMILES string of the molecule is C1=Cc2cc3ccc(cc4nc(cc5ccc(cc1n2)[nH]5)C=C4)[nH]3.c1ccc(-c2cccnc2-c2ccccn2)nc1. The Morgan fingerprint density at radius 3 is 1.31 bits per heavy atom. The van der Waals surface area contributed by atoms with Gasteiger partial charge in [0.25, 0.3) is 0 Å². The van der Waals surface area contributed by atoms with E-state index in [1.165, 1.54) is 0 Å². The van der Waals surface area contributed by atoms with Crippen LogP contribution in [0.25, 0.3) is 69.0 Å². The molecule has 42 heavy (non-hydrogen) atoms. The number of aromatic nitrogens is 7. The smallest absolute Gasteiger partial charge is 0.0980 e. The zero-order valence-electron chi connectivity index (χ0n) is 22.5. The fourth-order valence-electron chi connectivity index (χ4n) is 4.78. The summed E-state index contributed by atoms with van der Waals surface area (Å²) in [7, 11) is 0. The summed E-state index contributed by atoms with van der Waals surface area (Å²) in [6.07, 6.45) is 13.4. The number of H-pyrrole nitrogens is 2. The van der Waals surface area contributed by atoms with Crippen molar-refractivity contribution in [1.82, 2.24) is 34.9 Å². The van der Waals surface area contributed by atoms with Gasteiger partial charge in [-0.2, -0.15) is 0 Å². The monoisotopic (exact) mass is 543 g/mol. The normalized spacial score (nSPS) is 11.6. The molecular formula is C35H25N7. The molecule has 2 N–H and O–H groups in total. The van der Waals surface area contributed by atoms with Gasteiger partial charge in [0, 0.05) is 46.2 Å². The minimum atomic E-state index is 0.858. The molecule has 0 saturated carbocycles. The molecule has 0 atom stereocenters. The van der Waals surface area contributed by atoms with Crippen molar-refractivity contribution in [3.05, 3.63) is 138 Å². The first kappa shape index (κ1) is 25.0. The Hall–Kier alpha value is -5.95. The molecule has 0 aromatic carbocycles. The molecule has 0 spiro atoms. The lowest BCUT2D eigenvalue weighted by Gasteiger charge is -2.06. The zero-order valence-corrected chi connectivity index (χ0v) is 22.5. The second kappa shape index (κ2) is 11.3. The molecule has 0 unspecified atom stereocenters. The lowest BCUT2D eigenvalue weighted by atomic mass is 10.1. The van der Waals surface area contributed by atoms with E-state index in [9.17, 15) is 0 Å². The maximum atomic E-state index is 4.63. The van der Waals surface area contributed by atoms with Gasteiger partial charge in [0.2, 0.25) is 0 Å². The van der Waals surface area contributed by atoms with Crippen molar-refractivity contribution in [2.45, 2.75) is 0 Å². The van der Waals surface area contributed by atoms with Crippen molar-refractivity contribution in [2.24, 2.45) is 0 Å². The number of rotatable bonds is 2. The van der Waals surface area contributed by atoms with Crippen LogP contribution in [-0.2, 0) is 0 Å². The van der Waals surface area contributed by atoms with E-state index in [4.69, 9.17) is 0 Å². The summed E-state index contributed by atoms with van der Waals surface area (Å²) in [5.41, 5.74) is 11.5. The highest BCUT2D eigenvalue weighted by Crippen LogP contribution is 2.27. The molecule has 7 heteroatoms. The topological polar surface area (TPSA) is 96.0 Å². The summed E-state index contributed by atoms with van der Waals surface area (Å²) in [6, 6.07) is 31.9. The van der Waals surface area contributed by atoms with Crippen LogP contribution in [0.15, 0.2) is 116 Å². The van der Waals surface area contributed by atoms with E-state index >= 15 is 0 Å². The largest absolute Gasteiger partial charge is 0.355 e. The average molecular weight is 544 g/mol. The average Bonchev–Trinajstić information content (AvgIpc) is 3.85. The maximum absolute atomic E-state index is 4.63. The lowest BCUT2D eigenvalue weighted by molar-refractivity contribution is 1.23. The first-order valence-electron chi connectivity index (χ1n) is 13.6. The van der Waals surface area contributed by atoms with E-state index in [2.05, 4.69) is 59.2 Å². The minimum absolute atomic E-state index is 0.858. The fourth-order valence-corrected chi connectivity index (χ4v) is 4.78. The van der Waals surface area contributed by atoms with E-state index in [0.717, 1.165) is 67.5 Å². The molecule has 0 aliphatic carbocycles. The molecule has 7 nitrogen and oxygen atoms in total. The van der Waals surface area contributed by atoms with E-state index in [1.807, 2.05) is 97.1 Å². The van der Waals surface area contributed by atoms with Gasteiger partial charge in [-0.15, -0.1) is 0 Å². The highest BCUT2D eigenvalue weighted by molar-refractivity contribution is 5.78. The molecule has 0 amide bonds. The van der Waals surface area contributed by atoms with Crippen LogP contribution >= 0.6 is 0 Å². The van der Waals surface area contributed by atoms with Gasteiger partial charge in [-0.1, -0.05) is 12.1 Å². The third-order valence-corrected chi connectivity index (χ3v) is 6.70. The number of aromatic amines is 2. The summed E-state index contributed by atoms with van der Waals surface area (Å²) < 4.78 is 0. The van der Waals surface area contributed by atoms with Crippen LogP contribution in [0.5, 0.6) is 0 Å². The van der Waals surface area contributed by atoms with Gasteiger partial charge in [-0.3, -0.25) is 15.0 Å². The van der Waals surface area contributed by atoms with Gasteiger partial charge in [-0.25, -0.2) is 9.97 Å². The molecular weight excluding hydrogens is 518 g/mol. The van der Waals surface area contributed by atoms with E-state index in [-0.39, 0.29) is 0 Å². The van der Waals surface area contributed by atoms with Crippen LogP contribution in [0, 0.1) is 0 Å². The van der Waals surface area contributed by atoms with E-state index in [1.54, 1.807) is 18.6 Å². The molecule has 200 valence electrons. The summed E-state index contributed by atoms with van der Waals surface area (Å²) in [6.45, 7) is 0. The van der Waals surface area contributed by atoms with Gasteiger partial charge in [0.1, 0.15) is 0 Å². The fraction of sp³-hybridized carbons (Fsp3) is 0. The zero-order chi connectivity index (χ0) is 28.1. The second-order valence-corrected chi connectivity index (χ2v) is 9.73. The molecule has 0 saturated heterocycles. The molecule has 6 aromatic rings. The van der Waals surface area contributed by atoms with Crippen molar-refractivity contribution in [3.8, 4) is 22.6 Å². The van der Waals surface area contributed by atoms with Crippen molar-refractivity contribution >= 4 is 46.4 Å². The molecule has 6 aromatic heterocycles. The Morgan fingerprint density at radius 2 is 0.857 bits per heavy atom. The molecule has 8 heterocycles. The Morgan fingerprint density at radius 1 is 0.405 bits per heavy atom. The maximum Gasteiger partial charge on any atom is 0.0980 e. The van der Waals surface area contributed by atoms with Crippen LogP contribution in [0.2, 0.25) is 0 Å². The van der Waals surface area contributed by atoms with Gasteiger partial charge < -0.3 is 9.97 Å². The van der Waals surface area contributed by atoms with Crippen LogP contribution in [-0.4, -0.2) is 34.9 Å².